The van der Waals surface area contributed by atoms with Gasteiger partial charge >= 0.3 is 0 Å². The van der Waals surface area contributed by atoms with Crippen LogP contribution >= 0.6 is 0 Å². The summed E-state index contributed by atoms with van der Waals surface area (Å²) in [6.45, 7) is 4.50. The van der Waals surface area contributed by atoms with E-state index in [1.807, 2.05) is 4.90 Å². The van der Waals surface area contributed by atoms with Crippen LogP contribution in [0.15, 0.2) is 24.3 Å². The van der Waals surface area contributed by atoms with Crippen LogP contribution in [0.4, 0.5) is 0 Å². The minimum Gasteiger partial charge on any atom is -0.508 e. The normalized spacial score (nSPS) is 20.3. The molecule has 0 aliphatic carbocycles. The molecule has 1 aromatic carbocycles. The van der Waals surface area contributed by atoms with Gasteiger partial charge < -0.3 is 15.3 Å². The van der Waals surface area contributed by atoms with Gasteiger partial charge in [0.05, 0.1) is 6.42 Å². The second kappa shape index (κ2) is 5.19. The molecule has 1 amide bonds. The van der Waals surface area contributed by atoms with Crippen molar-refractivity contribution in [1.82, 2.24) is 10.2 Å². The highest BCUT2D eigenvalue weighted by Gasteiger charge is 2.20. The van der Waals surface area contributed by atoms with Crippen LogP contribution in [-0.2, 0) is 11.2 Å². The molecule has 1 aliphatic rings. The van der Waals surface area contributed by atoms with Gasteiger partial charge in [0.15, 0.2) is 0 Å². The fourth-order valence-electron chi connectivity index (χ4n) is 2.06. The van der Waals surface area contributed by atoms with Gasteiger partial charge in [-0.2, -0.15) is 0 Å². The van der Waals surface area contributed by atoms with Crippen molar-refractivity contribution in [2.24, 2.45) is 0 Å². The van der Waals surface area contributed by atoms with Gasteiger partial charge in [-0.3, -0.25) is 4.79 Å². The van der Waals surface area contributed by atoms with Crippen LogP contribution < -0.4 is 5.32 Å². The maximum Gasteiger partial charge on any atom is 0.227 e. The van der Waals surface area contributed by atoms with Crippen molar-refractivity contribution in [2.75, 3.05) is 19.6 Å². The number of aromatic hydroxyl groups is 1. The molecule has 1 fully saturated rings. The van der Waals surface area contributed by atoms with E-state index < -0.39 is 0 Å². The van der Waals surface area contributed by atoms with E-state index in [0.29, 0.717) is 12.5 Å². The highest BCUT2D eigenvalue weighted by Crippen LogP contribution is 2.11. The molecule has 0 aromatic heterocycles. The van der Waals surface area contributed by atoms with Crippen molar-refractivity contribution in [3.8, 4) is 5.75 Å². The molecule has 1 atom stereocenters. The van der Waals surface area contributed by atoms with Crippen LogP contribution in [0.2, 0.25) is 0 Å². The van der Waals surface area contributed by atoms with Crippen LogP contribution in [0.1, 0.15) is 12.5 Å². The first-order chi connectivity index (χ1) is 8.15. The Morgan fingerprint density at radius 3 is 2.82 bits per heavy atom. The van der Waals surface area contributed by atoms with Gasteiger partial charge in [0.1, 0.15) is 5.75 Å². The summed E-state index contributed by atoms with van der Waals surface area (Å²) in [5.41, 5.74) is 0.944. The summed E-state index contributed by atoms with van der Waals surface area (Å²) in [5.74, 6) is 0.390. The number of benzene rings is 1. The summed E-state index contributed by atoms with van der Waals surface area (Å²) < 4.78 is 0. The minimum atomic E-state index is 0.157. The second-order valence-corrected chi connectivity index (χ2v) is 4.54. The van der Waals surface area contributed by atoms with Crippen LogP contribution in [-0.4, -0.2) is 41.6 Å². The molecule has 1 saturated heterocycles. The zero-order valence-electron chi connectivity index (χ0n) is 10.0. The molecule has 0 spiro atoms. The summed E-state index contributed by atoms with van der Waals surface area (Å²) in [5, 5.41) is 12.5. The highest BCUT2D eigenvalue weighted by molar-refractivity contribution is 5.79. The van der Waals surface area contributed by atoms with Crippen molar-refractivity contribution >= 4 is 5.91 Å². The number of hydrogen-bond donors (Lipinski definition) is 2. The second-order valence-electron chi connectivity index (χ2n) is 4.54. The topological polar surface area (TPSA) is 52.6 Å². The zero-order valence-corrected chi connectivity index (χ0v) is 10.0. The third-order valence-corrected chi connectivity index (χ3v) is 3.01. The van der Waals surface area contributed by atoms with Gasteiger partial charge in [-0.1, -0.05) is 12.1 Å². The van der Waals surface area contributed by atoms with E-state index in [-0.39, 0.29) is 11.7 Å². The largest absolute Gasteiger partial charge is 0.508 e. The molecule has 1 aromatic rings. The molecule has 2 N–H and O–H groups in total. The first-order valence-electron chi connectivity index (χ1n) is 5.94. The van der Waals surface area contributed by atoms with Gasteiger partial charge in [-0.05, 0) is 24.6 Å². The minimum absolute atomic E-state index is 0.157. The standard InChI is InChI=1S/C13H18N2O2/c1-10-9-15(7-6-14-10)13(17)8-11-2-4-12(16)5-3-11/h2-5,10,14,16H,6-9H2,1H3/t10-/m0/s1. The monoisotopic (exact) mass is 234 g/mol. The number of carbonyl (C=O) groups excluding carboxylic acids is 1. The Bertz CT molecular complexity index is 389. The number of carbonyl (C=O) groups is 1. The molecule has 2 rings (SSSR count). The first-order valence-corrected chi connectivity index (χ1v) is 5.94. The number of nitrogens with zero attached hydrogens (tertiary/aromatic N) is 1. The van der Waals surface area contributed by atoms with Crippen LogP contribution in [0.25, 0.3) is 0 Å². The third kappa shape index (κ3) is 3.20. The van der Waals surface area contributed by atoms with E-state index >= 15 is 0 Å². The smallest absolute Gasteiger partial charge is 0.227 e. The number of phenols is 1. The lowest BCUT2D eigenvalue weighted by atomic mass is 10.1. The van der Waals surface area contributed by atoms with Gasteiger partial charge in [-0.25, -0.2) is 0 Å². The Morgan fingerprint density at radius 1 is 1.47 bits per heavy atom. The Kier molecular flexibility index (Phi) is 3.64. The fraction of sp³-hybridized carbons (Fsp3) is 0.462. The molecule has 0 bridgehead atoms. The maximum atomic E-state index is 12.0. The lowest BCUT2D eigenvalue weighted by molar-refractivity contribution is -0.131. The Hall–Kier alpha value is -1.55. The van der Waals surface area contributed by atoms with Crippen molar-refractivity contribution in [2.45, 2.75) is 19.4 Å². The molecule has 0 radical (unpaired) electrons. The lowest BCUT2D eigenvalue weighted by Gasteiger charge is -2.32. The van der Waals surface area contributed by atoms with E-state index in [9.17, 15) is 9.90 Å². The number of rotatable bonds is 2. The van der Waals surface area contributed by atoms with E-state index in [4.69, 9.17) is 0 Å². The maximum absolute atomic E-state index is 12.0. The Labute approximate surface area is 101 Å². The quantitative estimate of drug-likeness (QED) is 0.794. The number of piperazine rings is 1. The molecule has 4 heteroatoms. The van der Waals surface area contributed by atoms with Crippen molar-refractivity contribution < 1.29 is 9.90 Å². The SMILES string of the molecule is C[C@H]1CN(C(=O)Cc2ccc(O)cc2)CCN1. The van der Waals surface area contributed by atoms with E-state index in [1.165, 1.54) is 0 Å². The Balaban J connectivity index is 1.94. The summed E-state index contributed by atoms with van der Waals surface area (Å²) in [7, 11) is 0. The van der Waals surface area contributed by atoms with Crippen molar-refractivity contribution in [3.63, 3.8) is 0 Å². The molecule has 0 saturated carbocycles. The van der Waals surface area contributed by atoms with Crippen molar-refractivity contribution in [1.29, 1.82) is 0 Å². The van der Waals surface area contributed by atoms with Gasteiger partial charge in [0.25, 0.3) is 0 Å². The van der Waals surface area contributed by atoms with Gasteiger partial charge in [0.2, 0.25) is 5.91 Å². The highest BCUT2D eigenvalue weighted by atomic mass is 16.3. The first kappa shape index (κ1) is 11.9. The van der Waals surface area contributed by atoms with Crippen LogP contribution in [0.5, 0.6) is 5.75 Å². The van der Waals surface area contributed by atoms with E-state index in [0.717, 1.165) is 25.2 Å². The predicted molar refractivity (Wildman–Crippen MR) is 65.9 cm³/mol. The molecule has 1 aliphatic heterocycles. The molecule has 0 unspecified atom stereocenters. The third-order valence-electron chi connectivity index (χ3n) is 3.01. The van der Waals surface area contributed by atoms with E-state index in [1.54, 1.807) is 24.3 Å². The molecule has 92 valence electrons. The van der Waals surface area contributed by atoms with Gasteiger partial charge in [-0.15, -0.1) is 0 Å². The molecule has 4 nitrogen and oxygen atoms in total. The number of phenolic OH excluding ortho intramolecular Hbond substituents is 1. The van der Waals surface area contributed by atoms with E-state index in [2.05, 4.69) is 12.2 Å². The summed E-state index contributed by atoms with van der Waals surface area (Å²) in [4.78, 5) is 13.9. The molecule has 1 heterocycles. The summed E-state index contributed by atoms with van der Waals surface area (Å²) in [6, 6.07) is 7.18. The number of hydrogen-bond acceptors (Lipinski definition) is 3. The lowest BCUT2D eigenvalue weighted by Crippen LogP contribution is -2.51. The Morgan fingerprint density at radius 2 is 2.18 bits per heavy atom. The number of amides is 1. The van der Waals surface area contributed by atoms with Crippen LogP contribution in [0, 0.1) is 0 Å². The average molecular weight is 234 g/mol. The molecule has 17 heavy (non-hydrogen) atoms. The average Bonchev–Trinajstić information content (AvgIpc) is 2.32. The summed E-state index contributed by atoms with van der Waals surface area (Å²) >= 11 is 0. The predicted octanol–water partition coefficient (Wildman–Crippen LogP) is 0.755. The molecular formula is C13H18N2O2. The summed E-state index contributed by atoms with van der Waals surface area (Å²) in [6.07, 6.45) is 0.410. The number of nitrogens with one attached hydrogen (secondary N) is 1. The fourth-order valence-corrected chi connectivity index (χ4v) is 2.06. The molecular weight excluding hydrogens is 216 g/mol. The van der Waals surface area contributed by atoms with Crippen LogP contribution in [0.3, 0.4) is 0 Å². The zero-order chi connectivity index (χ0) is 12.3. The van der Waals surface area contributed by atoms with Gasteiger partial charge in [0, 0.05) is 25.7 Å². The van der Waals surface area contributed by atoms with Crippen molar-refractivity contribution in [3.05, 3.63) is 29.8 Å².